The Balaban J connectivity index is 2.83. The van der Waals surface area contributed by atoms with E-state index in [0.29, 0.717) is 6.42 Å². The molecule has 0 spiro atoms. The molecule has 1 unspecified atom stereocenters. The predicted octanol–water partition coefficient (Wildman–Crippen LogP) is 0.0262. The van der Waals surface area contributed by atoms with Gasteiger partial charge in [-0.15, -0.1) is 0 Å². The molecule has 0 saturated heterocycles. The molecule has 1 aliphatic carbocycles. The highest BCUT2D eigenvalue weighted by atomic mass is 32.2. The normalized spacial score (nSPS) is 19.0. The van der Waals surface area contributed by atoms with Gasteiger partial charge in [0, 0.05) is 19.2 Å². The van der Waals surface area contributed by atoms with Crippen molar-refractivity contribution in [2.75, 3.05) is 13.2 Å². The van der Waals surface area contributed by atoms with E-state index < -0.39 is 21.2 Å². The van der Waals surface area contributed by atoms with Crippen LogP contribution in [0.15, 0.2) is 0 Å². The summed E-state index contributed by atoms with van der Waals surface area (Å²) in [6.07, 6.45) is 2.85. The van der Waals surface area contributed by atoms with Crippen LogP contribution in [-0.4, -0.2) is 53.3 Å². The van der Waals surface area contributed by atoms with Crippen LogP contribution in [0.3, 0.4) is 0 Å². The molecule has 1 rings (SSSR count). The molecule has 0 amide bonds. The molecule has 0 aromatic carbocycles. The first kappa shape index (κ1) is 14.4. The van der Waals surface area contributed by atoms with Crippen LogP contribution in [0.4, 0.5) is 0 Å². The maximum absolute atomic E-state index is 12.1. The van der Waals surface area contributed by atoms with Crippen molar-refractivity contribution in [3.05, 3.63) is 0 Å². The van der Waals surface area contributed by atoms with Crippen LogP contribution in [0.25, 0.3) is 0 Å². The van der Waals surface area contributed by atoms with Gasteiger partial charge in [-0.25, -0.2) is 8.42 Å². The minimum absolute atomic E-state index is 0.0895. The molecule has 1 atom stereocenters. The second kappa shape index (κ2) is 5.79. The Morgan fingerprint density at radius 1 is 1.47 bits per heavy atom. The summed E-state index contributed by atoms with van der Waals surface area (Å²) < 4.78 is 25.4. The molecule has 1 fully saturated rings. The van der Waals surface area contributed by atoms with Gasteiger partial charge in [-0.3, -0.25) is 4.79 Å². The fraction of sp³-hybridized carbons (Fsp3) is 0.900. The van der Waals surface area contributed by atoms with Crippen LogP contribution >= 0.6 is 0 Å². The minimum Gasteiger partial charge on any atom is -0.480 e. The minimum atomic E-state index is -3.81. The number of aliphatic carboxylic acids is 1. The van der Waals surface area contributed by atoms with E-state index in [-0.39, 0.29) is 19.2 Å². The number of hydrogen-bond donors (Lipinski definition) is 2. The van der Waals surface area contributed by atoms with E-state index >= 15 is 0 Å². The van der Waals surface area contributed by atoms with E-state index in [2.05, 4.69) is 0 Å². The van der Waals surface area contributed by atoms with Crippen molar-refractivity contribution in [3.63, 3.8) is 0 Å². The highest BCUT2D eigenvalue weighted by molar-refractivity contribution is 7.90. The van der Waals surface area contributed by atoms with Gasteiger partial charge in [0.05, 0.1) is 0 Å². The average molecular weight is 265 g/mol. The van der Waals surface area contributed by atoms with Gasteiger partial charge in [-0.05, 0) is 26.2 Å². The summed E-state index contributed by atoms with van der Waals surface area (Å²) in [6, 6.07) is -0.0895. The molecular weight excluding hydrogens is 246 g/mol. The third kappa shape index (κ3) is 3.17. The molecule has 0 bridgehead atoms. The summed E-state index contributed by atoms with van der Waals surface area (Å²) in [5, 5.41) is 16.1. The molecule has 1 aliphatic rings. The zero-order valence-electron chi connectivity index (χ0n) is 9.87. The molecule has 2 N–H and O–H groups in total. The maximum atomic E-state index is 12.1. The van der Waals surface area contributed by atoms with Gasteiger partial charge in [-0.2, -0.15) is 4.31 Å². The number of carboxylic acids is 1. The van der Waals surface area contributed by atoms with Crippen molar-refractivity contribution < 1.29 is 23.4 Å². The Labute approximate surface area is 101 Å². The largest absolute Gasteiger partial charge is 0.480 e. The van der Waals surface area contributed by atoms with Crippen molar-refractivity contribution in [2.24, 2.45) is 0 Å². The molecule has 0 aliphatic heterocycles. The fourth-order valence-corrected chi connectivity index (χ4v) is 3.42. The first-order valence-electron chi connectivity index (χ1n) is 5.75. The van der Waals surface area contributed by atoms with E-state index in [1.165, 1.54) is 11.2 Å². The Morgan fingerprint density at radius 2 is 2.06 bits per heavy atom. The summed E-state index contributed by atoms with van der Waals surface area (Å²) >= 11 is 0. The van der Waals surface area contributed by atoms with Gasteiger partial charge < -0.3 is 10.2 Å². The third-order valence-corrected chi connectivity index (χ3v) is 5.37. The highest BCUT2D eigenvalue weighted by Gasteiger charge is 2.39. The number of aliphatic hydroxyl groups excluding tert-OH is 1. The molecule has 0 radical (unpaired) electrons. The van der Waals surface area contributed by atoms with Gasteiger partial charge in [0.15, 0.2) is 5.25 Å². The van der Waals surface area contributed by atoms with Crippen LogP contribution in [0, 0.1) is 0 Å². The smallest absolute Gasteiger partial charge is 0.323 e. The zero-order chi connectivity index (χ0) is 13.1. The number of carboxylic acid groups (broad SMARTS) is 1. The molecule has 0 aromatic heterocycles. The van der Waals surface area contributed by atoms with Gasteiger partial charge >= 0.3 is 5.97 Å². The second-order valence-corrected chi connectivity index (χ2v) is 6.50. The lowest BCUT2D eigenvalue weighted by molar-refractivity contribution is -0.136. The average Bonchev–Trinajstić information content (AvgIpc) is 2.19. The number of hydrogen-bond acceptors (Lipinski definition) is 4. The molecule has 1 saturated carbocycles. The van der Waals surface area contributed by atoms with E-state index in [0.717, 1.165) is 19.3 Å². The molecule has 0 heterocycles. The monoisotopic (exact) mass is 265 g/mol. The van der Waals surface area contributed by atoms with Crippen LogP contribution < -0.4 is 0 Å². The fourth-order valence-electron chi connectivity index (χ4n) is 1.75. The summed E-state index contributed by atoms with van der Waals surface area (Å²) in [5.41, 5.74) is 0. The molecule has 100 valence electrons. The SMILES string of the molecule is CC(C(=O)O)S(=O)(=O)N(CCCO)C1CCC1. The van der Waals surface area contributed by atoms with Crippen molar-refractivity contribution in [2.45, 2.75) is 43.9 Å². The van der Waals surface area contributed by atoms with Crippen molar-refractivity contribution in [3.8, 4) is 0 Å². The maximum Gasteiger partial charge on any atom is 0.323 e. The lowest BCUT2D eigenvalue weighted by Crippen LogP contribution is -2.49. The van der Waals surface area contributed by atoms with Gasteiger partial charge in [-0.1, -0.05) is 6.42 Å². The van der Waals surface area contributed by atoms with Crippen molar-refractivity contribution in [1.29, 1.82) is 0 Å². The van der Waals surface area contributed by atoms with Crippen LogP contribution in [0.1, 0.15) is 32.6 Å². The molecule has 7 heteroatoms. The second-order valence-electron chi connectivity index (χ2n) is 4.30. The Morgan fingerprint density at radius 3 is 2.41 bits per heavy atom. The van der Waals surface area contributed by atoms with Gasteiger partial charge in [0.25, 0.3) is 0 Å². The number of sulfonamides is 1. The summed E-state index contributed by atoms with van der Waals surface area (Å²) in [5.74, 6) is -1.33. The highest BCUT2D eigenvalue weighted by Crippen LogP contribution is 2.28. The molecule has 6 nitrogen and oxygen atoms in total. The van der Waals surface area contributed by atoms with E-state index in [1.54, 1.807) is 0 Å². The zero-order valence-corrected chi connectivity index (χ0v) is 10.7. The van der Waals surface area contributed by atoms with Gasteiger partial charge in [0.1, 0.15) is 0 Å². The lowest BCUT2D eigenvalue weighted by atomic mass is 9.93. The van der Waals surface area contributed by atoms with E-state index in [4.69, 9.17) is 10.2 Å². The molecular formula is C10H19NO5S. The number of carbonyl (C=O) groups is 1. The van der Waals surface area contributed by atoms with Gasteiger partial charge in [0.2, 0.25) is 10.0 Å². The topological polar surface area (TPSA) is 94.9 Å². The predicted molar refractivity (Wildman–Crippen MR) is 62.1 cm³/mol. The summed E-state index contributed by atoms with van der Waals surface area (Å²) in [7, 11) is -3.81. The number of aliphatic hydroxyl groups is 1. The van der Waals surface area contributed by atoms with E-state index in [1.807, 2.05) is 0 Å². The lowest BCUT2D eigenvalue weighted by Gasteiger charge is -2.37. The van der Waals surface area contributed by atoms with Crippen LogP contribution in [-0.2, 0) is 14.8 Å². The first-order valence-corrected chi connectivity index (χ1v) is 7.26. The first-order chi connectivity index (χ1) is 7.91. The Hall–Kier alpha value is -0.660. The number of nitrogens with zero attached hydrogens (tertiary/aromatic N) is 1. The standard InChI is InChI=1S/C10H19NO5S/c1-8(10(13)14)17(15,16)11(6-3-7-12)9-4-2-5-9/h8-9,12H,2-7H2,1H3,(H,13,14). The quantitative estimate of drug-likeness (QED) is 0.677. The Bertz CT molecular complexity index is 363. The van der Waals surface area contributed by atoms with Crippen LogP contribution in [0.5, 0.6) is 0 Å². The summed E-state index contributed by atoms with van der Waals surface area (Å²) in [4.78, 5) is 10.8. The molecule has 0 aromatic rings. The van der Waals surface area contributed by atoms with E-state index in [9.17, 15) is 13.2 Å². The van der Waals surface area contributed by atoms with Crippen LogP contribution in [0.2, 0.25) is 0 Å². The molecule has 17 heavy (non-hydrogen) atoms. The third-order valence-electron chi connectivity index (χ3n) is 3.14. The van der Waals surface area contributed by atoms with Crippen molar-refractivity contribution >= 4 is 16.0 Å². The Kier molecular flexibility index (Phi) is 4.91. The van der Waals surface area contributed by atoms with Crippen molar-refractivity contribution in [1.82, 2.24) is 4.31 Å². The summed E-state index contributed by atoms with van der Waals surface area (Å²) in [6.45, 7) is 1.28. The number of rotatable bonds is 7.